The van der Waals surface area contributed by atoms with Crippen LogP contribution in [0.1, 0.15) is 30.1 Å². The van der Waals surface area contributed by atoms with E-state index in [9.17, 15) is 14.9 Å². The number of likely N-dealkylation sites (tertiary alicyclic amines) is 1. The molecule has 10 heteroatoms. The van der Waals surface area contributed by atoms with Gasteiger partial charge in [0.05, 0.1) is 35.1 Å². The Kier molecular flexibility index (Phi) is 4.28. The summed E-state index contributed by atoms with van der Waals surface area (Å²) in [6.07, 6.45) is 8.51. The van der Waals surface area contributed by atoms with E-state index in [2.05, 4.69) is 31.4 Å². The molecule has 1 aliphatic carbocycles. The molecule has 4 heterocycles. The molecule has 0 aromatic carbocycles. The highest BCUT2D eigenvalue weighted by Gasteiger charge is 2.47. The van der Waals surface area contributed by atoms with E-state index in [4.69, 9.17) is 0 Å². The molecule has 10 nitrogen and oxygen atoms in total. The van der Waals surface area contributed by atoms with Crippen LogP contribution in [0.2, 0.25) is 0 Å². The molecule has 5 rings (SSSR count). The maximum Gasteiger partial charge on any atom is 0.255 e. The van der Waals surface area contributed by atoms with Crippen molar-refractivity contribution in [1.82, 2.24) is 34.9 Å². The smallest absolute Gasteiger partial charge is 0.255 e. The molecular weight excluding hydrogens is 396 g/mol. The summed E-state index contributed by atoms with van der Waals surface area (Å²) in [5, 5.41) is 16.3. The summed E-state index contributed by atoms with van der Waals surface area (Å²) in [5.41, 5.74) is 2.20. The van der Waals surface area contributed by atoms with Gasteiger partial charge in [-0.2, -0.15) is 10.4 Å². The number of nitrogens with one attached hydrogen (secondary N) is 2. The second kappa shape index (κ2) is 6.91. The van der Waals surface area contributed by atoms with E-state index < -0.39 is 11.5 Å². The number of hydrogen-bond donors (Lipinski definition) is 2. The van der Waals surface area contributed by atoms with Crippen LogP contribution in [-0.4, -0.2) is 60.6 Å². The topological polar surface area (TPSA) is 133 Å². The third kappa shape index (κ3) is 3.42. The van der Waals surface area contributed by atoms with Crippen molar-refractivity contribution in [2.24, 2.45) is 18.4 Å². The van der Waals surface area contributed by atoms with Gasteiger partial charge in [-0.1, -0.05) is 0 Å². The van der Waals surface area contributed by atoms with Gasteiger partial charge in [0, 0.05) is 38.1 Å². The Hall–Kier alpha value is -3.74. The molecule has 1 saturated carbocycles. The van der Waals surface area contributed by atoms with Crippen LogP contribution in [0, 0.1) is 22.7 Å². The fraction of sp³-hybridized carbons (Fsp3) is 0.429. The number of fused-ring (bicyclic) bond motifs is 1. The third-order valence-corrected chi connectivity index (χ3v) is 5.93. The quantitative estimate of drug-likeness (QED) is 0.641. The Labute approximate surface area is 178 Å². The van der Waals surface area contributed by atoms with Crippen molar-refractivity contribution in [1.29, 1.82) is 5.26 Å². The normalized spacial score (nSPS) is 18.3. The first kappa shape index (κ1) is 19.2. The van der Waals surface area contributed by atoms with Crippen LogP contribution >= 0.6 is 0 Å². The number of carbonyl (C=O) groups is 2. The minimum Gasteiger partial charge on any atom is -0.344 e. The van der Waals surface area contributed by atoms with E-state index in [1.807, 2.05) is 20.2 Å². The van der Waals surface area contributed by atoms with Crippen molar-refractivity contribution in [3.8, 4) is 17.3 Å². The summed E-state index contributed by atoms with van der Waals surface area (Å²) >= 11 is 0. The Bertz CT molecular complexity index is 1230. The van der Waals surface area contributed by atoms with E-state index in [-0.39, 0.29) is 17.7 Å². The van der Waals surface area contributed by atoms with Crippen LogP contribution in [0.5, 0.6) is 0 Å². The zero-order chi connectivity index (χ0) is 21.8. The Morgan fingerprint density at radius 1 is 1.35 bits per heavy atom. The number of carbonyl (C=O) groups excluding carboxylic acids is 2. The second-order valence-electron chi connectivity index (χ2n) is 8.71. The molecule has 2 N–H and O–H groups in total. The second-order valence-corrected chi connectivity index (χ2v) is 8.71. The Morgan fingerprint density at radius 3 is 2.77 bits per heavy atom. The zero-order valence-corrected chi connectivity index (χ0v) is 17.3. The third-order valence-electron chi connectivity index (χ3n) is 5.93. The van der Waals surface area contributed by atoms with Gasteiger partial charge in [0.25, 0.3) is 5.91 Å². The summed E-state index contributed by atoms with van der Waals surface area (Å²) in [5.74, 6) is -0.351. The number of nitriles is 1. The molecule has 1 unspecified atom stereocenters. The lowest BCUT2D eigenvalue weighted by atomic mass is 9.83. The van der Waals surface area contributed by atoms with Crippen LogP contribution in [0.25, 0.3) is 22.4 Å². The lowest BCUT2D eigenvalue weighted by Crippen LogP contribution is -2.61. The van der Waals surface area contributed by atoms with Crippen molar-refractivity contribution in [3.63, 3.8) is 0 Å². The summed E-state index contributed by atoms with van der Waals surface area (Å²) in [6, 6.07) is 1.66. The number of amides is 2. The largest absolute Gasteiger partial charge is 0.344 e. The van der Waals surface area contributed by atoms with E-state index in [1.54, 1.807) is 28.2 Å². The van der Waals surface area contributed by atoms with E-state index in [0.717, 1.165) is 18.4 Å². The van der Waals surface area contributed by atoms with Crippen molar-refractivity contribution in [2.45, 2.75) is 25.8 Å². The lowest BCUT2D eigenvalue weighted by molar-refractivity contribution is -0.142. The SMILES string of the molecule is Cn1cc(-c2cnc3[nH]cc(C(=O)NC(C(=O)N4CC(C)(C#N)C4)C4CC4)c3n2)cn1. The van der Waals surface area contributed by atoms with Gasteiger partial charge in [-0.3, -0.25) is 14.3 Å². The fourth-order valence-corrected chi connectivity index (χ4v) is 4.01. The van der Waals surface area contributed by atoms with E-state index in [0.29, 0.717) is 35.5 Å². The van der Waals surface area contributed by atoms with Gasteiger partial charge in [-0.05, 0) is 25.7 Å². The fourth-order valence-electron chi connectivity index (χ4n) is 4.01. The van der Waals surface area contributed by atoms with E-state index in [1.165, 1.54) is 0 Å². The summed E-state index contributed by atoms with van der Waals surface area (Å²) < 4.78 is 1.67. The van der Waals surface area contributed by atoms with Crippen LogP contribution < -0.4 is 5.32 Å². The monoisotopic (exact) mass is 418 g/mol. The number of H-pyrrole nitrogens is 1. The molecule has 31 heavy (non-hydrogen) atoms. The molecule has 2 fully saturated rings. The molecule has 0 bridgehead atoms. The minimum absolute atomic E-state index is 0.120. The standard InChI is InChI=1S/C21H22N8O2/c1-21(9-22)10-29(11-21)20(31)16(12-3-4-12)27-19(30)14-6-23-18-17(14)26-15(7-24-18)13-5-25-28(2)8-13/h5-8,12,16H,3-4,10-11H2,1-2H3,(H,23,24)(H,27,30). The molecule has 158 valence electrons. The number of aryl methyl sites for hydroxylation is 1. The highest BCUT2D eigenvalue weighted by atomic mass is 16.2. The highest BCUT2D eigenvalue weighted by molar-refractivity contribution is 6.06. The average Bonchev–Trinajstić information content (AvgIpc) is 3.34. The number of aromatic nitrogens is 5. The van der Waals surface area contributed by atoms with Gasteiger partial charge in [0.15, 0.2) is 5.65 Å². The van der Waals surface area contributed by atoms with Crippen LogP contribution in [0.3, 0.4) is 0 Å². The minimum atomic E-state index is -0.588. The molecule has 2 amide bonds. The molecule has 1 atom stereocenters. The van der Waals surface area contributed by atoms with Crippen molar-refractivity contribution < 1.29 is 9.59 Å². The number of aromatic amines is 1. The summed E-state index contributed by atoms with van der Waals surface area (Å²) in [7, 11) is 1.82. The highest BCUT2D eigenvalue weighted by Crippen LogP contribution is 2.36. The lowest BCUT2D eigenvalue weighted by Gasteiger charge is -2.44. The van der Waals surface area contributed by atoms with Crippen molar-refractivity contribution in [3.05, 3.63) is 30.4 Å². The van der Waals surface area contributed by atoms with Crippen LogP contribution in [-0.2, 0) is 11.8 Å². The molecule has 1 saturated heterocycles. The predicted octanol–water partition coefficient (Wildman–Crippen LogP) is 1.24. The van der Waals surface area contributed by atoms with Crippen LogP contribution in [0.15, 0.2) is 24.8 Å². The van der Waals surface area contributed by atoms with Crippen LogP contribution in [0.4, 0.5) is 0 Å². The van der Waals surface area contributed by atoms with Gasteiger partial charge in [0.2, 0.25) is 5.91 Å². The van der Waals surface area contributed by atoms with Crippen molar-refractivity contribution >= 4 is 23.0 Å². The predicted molar refractivity (Wildman–Crippen MR) is 110 cm³/mol. The van der Waals surface area contributed by atoms with Gasteiger partial charge >= 0.3 is 0 Å². The molecule has 0 spiro atoms. The first-order valence-electron chi connectivity index (χ1n) is 10.2. The summed E-state index contributed by atoms with van der Waals surface area (Å²) in [6.45, 7) is 2.63. The van der Waals surface area contributed by atoms with Gasteiger partial charge in [-0.25, -0.2) is 9.97 Å². The molecule has 2 aliphatic rings. The van der Waals surface area contributed by atoms with Gasteiger partial charge < -0.3 is 15.2 Å². The Morgan fingerprint density at radius 2 is 2.13 bits per heavy atom. The number of hydrogen-bond acceptors (Lipinski definition) is 6. The molecule has 0 radical (unpaired) electrons. The summed E-state index contributed by atoms with van der Waals surface area (Å²) in [4.78, 5) is 39.7. The van der Waals surface area contributed by atoms with Gasteiger partial charge in [0.1, 0.15) is 11.6 Å². The van der Waals surface area contributed by atoms with Gasteiger partial charge in [-0.15, -0.1) is 0 Å². The molecular formula is C21H22N8O2. The number of rotatable bonds is 5. The number of nitrogens with zero attached hydrogens (tertiary/aromatic N) is 6. The first-order valence-corrected chi connectivity index (χ1v) is 10.2. The maximum absolute atomic E-state index is 13.1. The Balaban J connectivity index is 1.38. The molecule has 1 aliphatic heterocycles. The zero-order valence-electron chi connectivity index (χ0n) is 17.3. The average molecular weight is 418 g/mol. The van der Waals surface area contributed by atoms with Crippen molar-refractivity contribution in [2.75, 3.05) is 13.1 Å². The maximum atomic E-state index is 13.1. The molecule has 3 aromatic heterocycles. The first-order chi connectivity index (χ1) is 14.9. The molecule has 3 aromatic rings. The van der Waals surface area contributed by atoms with E-state index >= 15 is 0 Å².